The van der Waals surface area contributed by atoms with Gasteiger partial charge in [0.05, 0.1) is 14.2 Å². The van der Waals surface area contributed by atoms with Gasteiger partial charge in [-0.2, -0.15) is 0 Å². The van der Waals surface area contributed by atoms with Crippen LogP contribution < -0.4 is 15.2 Å². The molecule has 1 aliphatic rings. The molecule has 3 heteroatoms. The van der Waals surface area contributed by atoms with Crippen molar-refractivity contribution in [3.8, 4) is 11.5 Å². The lowest BCUT2D eigenvalue weighted by molar-refractivity contribution is 0.395. The van der Waals surface area contributed by atoms with E-state index in [1.165, 1.54) is 5.56 Å². The van der Waals surface area contributed by atoms with Gasteiger partial charge in [-0.15, -0.1) is 0 Å². The number of fused-ring (bicyclic) bond motifs is 1. The van der Waals surface area contributed by atoms with Gasteiger partial charge < -0.3 is 15.2 Å². The second-order valence-electron chi connectivity index (χ2n) is 4.04. The van der Waals surface area contributed by atoms with E-state index in [1.807, 2.05) is 12.1 Å². The molecule has 0 spiro atoms. The van der Waals surface area contributed by atoms with Crippen LogP contribution in [0.5, 0.6) is 11.5 Å². The fourth-order valence-electron chi connectivity index (χ4n) is 2.46. The second-order valence-corrected chi connectivity index (χ2v) is 4.04. The Labute approximate surface area is 90.2 Å². The molecular formula is C12H17NO2. The summed E-state index contributed by atoms with van der Waals surface area (Å²) in [5.74, 6) is 2.24. The molecule has 2 atom stereocenters. The minimum atomic E-state index is 0.0695. The van der Waals surface area contributed by atoms with Crippen molar-refractivity contribution in [3.63, 3.8) is 0 Å². The molecule has 1 aliphatic carbocycles. The molecule has 0 aromatic heterocycles. The number of methoxy groups -OCH3 is 2. The van der Waals surface area contributed by atoms with Crippen molar-refractivity contribution in [2.45, 2.75) is 25.3 Å². The molecular weight excluding hydrogens is 190 g/mol. The Balaban J connectivity index is 2.62. The van der Waals surface area contributed by atoms with E-state index in [0.29, 0.717) is 5.92 Å². The maximum Gasteiger partial charge on any atom is 0.124 e. The van der Waals surface area contributed by atoms with E-state index in [0.717, 1.165) is 23.5 Å². The van der Waals surface area contributed by atoms with Gasteiger partial charge in [0.1, 0.15) is 11.5 Å². The van der Waals surface area contributed by atoms with Crippen molar-refractivity contribution < 1.29 is 9.47 Å². The van der Waals surface area contributed by atoms with Crippen LogP contribution in [0, 0.1) is 0 Å². The maximum atomic E-state index is 6.10. The van der Waals surface area contributed by atoms with Gasteiger partial charge in [0.25, 0.3) is 0 Å². The highest BCUT2D eigenvalue weighted by Gasteiger charge is 2.31. The van der Waals surface area contributed by atoms with Gasteiger partial charge in [-0.1, -0.05) is 6.92 Å². The van der Waals surface area contributed by atoms with Crippen LogP contribution in [0.3, 0.4) is 0 Å². The predicted octanol–water partition coefficient (Wildman–Crippen LogP) is 2.21. The van der Waals surface area contributed by atoms with E-state index in [9.17, 15) is 0 Å². The van der Waals surface area contributed by atoms with Gasteiger partial charge in [0, 0.05) is 17.2 Å². The van der Waals surface area contributed by atoms with Crippen LogP contribution >= 0.6 is 0 Å². The van der Waals surface area contributed by atoms with E-state index in [4.69, 9.17) is 15.2 Å². The second kappa shape index (κ2) is 3.74. The van der Waals surface area contributed by atoms with Gasteiger partial charge in [0.2, 0.25) is 0 Å². The van der Waals surface area contributed by atoms with Crippen LogP contribution in [0.1, 0.15) is 36.4 Å². The van der Waals surface area contributed by atoms with Crippen molar-refractivity contribution in [2.75, 3.05) is 14.2 Å². The lowest BCUT2D eigenvalue weighted by Crippen LogP contribution is -2.07. The SMILES string of the molecule is COc1ccc(OC)c2c1C(C)CC2N. The number of benzene rings is 1. The molecule has 0 fully saturated rings. The number of rotatable bonds is 2. The van der Waals surface area contributed by atoms with Crippen LogP contribution in [0.15, 0.2) is 12.1 Å². The summed E-state index contributed by atoms with van der Waals surface area (Å²) in [4.78, 5) is 0. The van der Waals surface area contributed by atoms with Gasteiger partial charge in [-0.3, -0.25) is 0 Å². The van der Waals surface area contributed by atoms with Crippen molar-refractivity contribution in [2.24, 2.45) is 5.73 Å². The fourth-order valence-corrected chi connectivity index (χ4v) is 2.46. The fraction of sp³-hybridized carbons (Fsp3) is 0.500. The average Bonchev–Trinajstić information content (AvgIpc) is 2.54. The first-order valence-corrected chi connectivity index (χ1v) is 5.19. The predicted molar refractivity (Wildman–Crippen MR) is 59.5 cm³/mol. The van der Waals surface area contributed by atoms with Crippen LogP contribution in [0.2, 0.25) is 0 Å². The molecule has 0 bridgehead atoms. The first-order valence-electron chi connectivity index (χ1n) is 5.19. The molecule has 15 heavy (non-hydrogen) atoms. The zero-order valence-electron chi connectivity index (χ0n) is 9.41. The summed E-state index contributed by atoms with van der Waals surface area (Å²) in [5, 5.41) is 0. The normalized spacial score (nSPS) is 23.7. The number of hydrogen-bond donors (Lipinski definition) is 1. The first kappa shape index (κ1) is 10.3. The van der Waals surface area contributed by atoms with Crippen molar-refractivity contribution in [1.82, 2.24) is 0 Å². The highest BCUT2D eigenvalue weighted by Crippen LogP contribution is 2.47. The van der Waals surface area contributed by atoms with E-state index in [-0.39, 0.29) is 6.04 Å². The highest BCUT2D eigenvalue weighted by atomic mass is 16.5. The zero-order valence-corrected chi connectivity index (χ0v) is 9.41. The summed E-state index contributed by atoms with van der Waals surface area (Å²) in [5.41, 5.74) is 8.43. The topological polar surface area (TPSA) is 44.5 Å². The van der Waals surface area contributed by atoms with Crippen LogP contribution in [-0.4, -0.2) is 14.2 Å². The molecule has 2 N–H and O–H groups in total. The average molecular weight is 207 g/mol. The molecule has 0 amide bonds. The third-order valence-corrected chi connectivity index (χ3v) is 3.12. The Morgan fingerprint density at radius 3 is 2.20 bits per heavy atom. The Bertz CT molecular complexity index is 341. The smallest absolute Gasteiger partial charge is 0.124 e. The molecule has 0 heterocycles. The molecule has 0 saturated heterocycles. The summed E-state index contributed by atoms with van der Waals surface area (Å²) in [7, 11) is 3.37. The molecule has 2 unspecified atom stereocenters. The molecule has 0 aliphatic heterocycles. The summed E-state index contributed by atoms with van der Waals surface area (Å²) in [6, 6.07) is 3.95. The van der Waals surface area contributed by atoms with E-state index in [1.54, 1.807) is 14.2 Å². The molecule has 82 valence electrons. The Morgan fingerprint density at radius 1 is 1.13 bits per heavy atom. The highest BCUT2D eigenvalue weighted by molar-refractivity contribution is 5.54. The Kier molecular flexibility index (Phi) is 2.57. The van der Waals surface area contributed by atoms with E-state index < -0.39 is 0 Å². The minimum absolute atomic E-state index is 0.0695. The van der Waals surface area contributed by atoms with Crippen molar-refractivity contribution in [1.29, 1.82) is 0 Å². The number of hydrogen-bond acceptors (Lipinski definition) is 3. The zero-order chi connectivity index (χ0) is 11.0. The van der Waals surface area contributed by atoms with E-state index >= 15 is 0 Å². The third-order valence-electron chi connectivity index (χ3n) is 3.12. The molecule has 3 nitrogen and oxygen atoms in total. The summed E-state index contributed by atoms with van der Waals surface area (Å²) in [6.07, 6.45) is 0.964. The molecule has 0 radical (unpaired) electrons. The lowest BCUT2D eigenvalue weighted by atomic mass is 10.0. The van der Waals surface area contributed by atoms with Gasteiger partial charge in [0.15, 0.2) is 0 Å². The quantitative estimate of drug-likeness (QED) is 0.808. The number of nitrogens with two attached hydrogens (primary N) is 1. The molecule has 0 saturated carbocycles. The van der Waals surface area contributed by atoms with Crippen molar-refractivity contribution >= 4 is 0 Å². The summed E-state index contributed by atoms with van der Waals surface area (Å²) < 4.78 is 10.7. The minimum Gasteiger partial charge on any atom is -0.496 e. The van der Waals surface area contributed by atoms with Gasteiger partial charge in [-0.05, 0) is 24.5 Å². The molecule has 1 aromatic carbocycles. The summed E-state index contributed by atoms with van der Waals surface area (Å²) >= 11 is 0. The van der Waals surface area contributed by atoms with Gasteiger partial charge >= 0.3 is 0 Å². The van der Waals surface area contributed by atoms with E-state index in [2.05, 4.69) is 6.92 Å². The van der Waals surface area contributed by atoms with Crippen LogP contribution in [0.25, 0.3) is 0 Å². The molecule has 2 rings (SSSR count). The van der Waals surface area contributed by atoms with Crippen molar-refractivity contribution in [3.05, 3.63) is 23.3 Å². The first-order chi connectivity index (χ1) is 7.19. The monoisotopic (exact) mass is 207 g/mol. The Morgan fingerprint density at radius 2 is 1.67 bits per heavy atom. The molecule has 1 aromatic rings. The largest absolute Gasteiger partial charge is 0.496 e. The lowest BCUT2D eigenvalue weighted by Gasteiger charge is -2.14. The standard InChI is InChI=1S/C12H17NO2/c1-7-6-8(13)12-10(15-3)5-4-9(14-2)11(7)12/h4-5,7-8H,6,13H2,1-3H3. The van der Waals surface area contributed by atoms with Crippen LogP contribution in [-0.2, 0) is 0 Å². The maximum absolute atomic E-state index is 6.10. The number of ether oxygens (including phenoxy) is 2. The third kappa shape index (κ3) is 1.47. The summed E-state index contributed by atoms with van der Waals surface area (Å²) in [6.45, 7) is 2.17. The van der Waals surface area contributed by atoms with Crippen LogP contribution in [0.4, 0.5) is 0 Å². The van der Waals surface area contributed by atoms with Gasteiger partial charge in [-0.25, -0.2) is 0 Å². The Hall–Kier alpha value is -1.22.